The average Bonchev–Trinajstić information content (AvgIpc) is 2.61. The van der Waals surface area contributed by atoms with E-state index in [1.165, 1.54) is 16.7 Å². The van der Waals surface area contributed by atoms with E-state index >= 15 is 0 Å². The molecular formula is C20H29N3O. The van der Waals surface area contributed by atoms with E-state index in [0.717, 1.165) is 38.8 Å². The monoisotopic (exact) mass is 327 g/mol. The minimum atomic E-state index is 0.0175. The Kier molecular flexibility index (Phi) is 5.24. The van der Waals surface area contributed by atoms with Gasteiger partial charge in [-0.25, -0.2) is 4.79 Å². The molecule has 1 fully saturated rings. The summed E-state index contributed by atoms with van der Waals surface area (Å²) in [7, 11) is 4.07. The molecule has 0 unspecified atom stereocenters. The third-order valence-electron chi connectivity index (χ3n) is 5.46. The van der Waals surface area contributed by atoms with Crippen LogP contribution in [0.1, 0.15) is 48.9 Å². The van der Waals surface area contributed by atoms with Gasteiger partial charge in [-0.1, -0.05) is 30.4 Å². The molecule has 0 bridgehead atoms. The molecule has 130 valence electrons. The molecule has 1 heterocycles. The maximum absolute atomic E-state index is 12.7. The Balaban J connectivity index is 1.65. The van der Waals surface area contributed by atoms with Gasteiger partial charge in [0, 0.05) is 13.1 Å². The fourth-order valence-corrected chi connectivity index (χ4v) is 3.78. The maximum Gasteiger partial charge on any atom is 0.317 e. The van der Waals surface area contributed by atoms with Gasteiger partial charge < -0.3 is 15.1 Å². The van der Waals surface area contributed by atoms with Crippen LogP contribution >= 0.6 is 0 Å². The molecule has 2 amide bonds. The number of nitrogens with one attached hydrogen (secondary N) is 1. The highest BCUT2D eigenvalue weighted by molar-refractivity contribution is 5.75. The number of carbonyl (C=O) groups is 1. The SMILES string of the molecule is C[C@@H](NC(=O)N(C)C1CCN(C)CC1)c1cccc2c1C=CCC2. The van der Waals surface area contributed by atoms with E-state index in [9.17, 15) is 4.79 Å². The Labute approximate surface area is 145 Å². The van der Waals surface area contributed by atoms with Gasteiger partial charge in [0.05, 0.1) is 6.04 Å². The second-order valence-corrected chi connectivity index (χ2v) is 7.18. The fraction of sp³-hybridized carbons (Fsp3) is 0.550. The Morgan fingerprint density at radius 1 is 1.33 bits per heavy atom. The van der Waals surface area contributed by atoms with E-state index in [1.54, 1.807) is 0 Å². The Bertz CT molecular complexity index is 617. The molecule has 1 aliphatic carbocycles. The van der Waals surface area contributed by atoms with Crippen molar-refractivity contribution < 1.29 is 4.79 Å². The quantitative estimate of drug-likeness (QED) is 0.923. The van der Waals surface area contributed by atoms with Crippen molar-refractivity contribution in [1.82, 2.24) is 15.1 Å². The Morgan fingerprint density at radius 2 is 2.08 bits per heavy atom. The highest BCUT2D eigenvalue weighted by Crippen LogP contribution is 2.27. The van der Waals surface area contributed by atoms with Gasteiger partial charge in [0.25, 0.3) is 0 Å². The molecular weight excluding hydrogens is 298 g/mol. The molecule has 1 aliphatic heterocycles. The summed E-state index contributed by atoms with van der Waals surface area (Å²) in [6.45, 7) is 4.21. The van der Waals surface area contributed by atoms with Gasteiger partial charge in [0.1, 0.15) is 0 Å². The molecule has 2 aliphatic rings. The zero-order valence-electron chi connectivity index (χ0n) is 15.1. The number of carbonyl (C=O) groups excluding carboxylic acids is 1. The molecule has 0 spiro atoms. The molecule has 0 radical (unpaired) electrons. The van der Waals surface area contributed by atoms with Crippen molar-refractivity contribution >= 4 is 12.1 Å². The van der Waals surface area contributed by atoms with Crippen LogP contribution in [-0.4, -0.2) is 49.1 Å². The zero-order valence-corrected chi connectivity index (χ0v) is 15.1. The first kappa shape index (κ1) is 17.0. The van der Waals surface area contributed by atoms with Crippen molar-refractivity contribution in [3.05, 3.63) is 41.0 Å². The predicted molar refractivity (Wildman–Crippen MR) is 99.0 cm³/mol. The van der Waals surface area contributed by atoms with Crippen LogP contribution in [-0.2, 0) is 6.42 Å². The van der Waals surface area contributed by atoms with Gasteiger partial charge >= 0.3 is 6.03 Å². The summed E-state index contributed by atoms with van der Waals surface area (Å²) in [5.74, 6) is 0. The molecule has 3 rings (SSSR count). The summed E-state index contributed by atoms with van der Waals surface area (Å²) in [5, 5.41) is 3.19. The third-order valence-corrected chi connectivity index (χ3v) is 5.46. The van der Waals surface area contributed by atoms with Gasteiger partial charge in [-0.15, -0.1) is 0 Å². The molecule has 24 heavy (non-hydrogen) atoms. The number of hydrogen-bond donors (Lipinski definition) is 1. The lowest BCUT2D eigenvalue weighted by Gasteiger charge is -2.35. The molecule has 1 N–H and O–H groups in total. The van der Waals surface area contributed by atoms with E-state index in [1.807, 2.05) is 11.9 Å². The molecule has 1 saturated heterocycles. The van der Waals surface area contributed by atoms with E-state index in [2.05, 4.69) is 54.5 Å². The summed E-state index contributed by atoms with van der Waals surface area (Å²) in [6.07, 6.45) is 8.74. The van der Waals surface area contributed by atoms with Crippen molar-refractivity contribution in [3.8, 4) is 0 Å². The number of nitrogens with zero attached hydrogens (tertiary/aromatic N) is 2. The van der Waals surface area contributed by atoms with Gasteiger partial charge in [-0.3, -0.25) is 0 Å². The van der Waals surface area contributed by atoms with Crippen LogP contribution in [0.25, 0.3) is 6.08 Å². The van der Waals surface area contributed by atoms with Crippen molar-refractivity contribution in [2.45, 2.75) is 44.7 Å². The minimum absolute atomic E-state index is 0.0175. The van der Waals surface area contributed by atoms with Crippen molar-refractivity contribution in [2.24, 2.45) is 0 Å². The predicted octanol–water partition coefficient (Wildman–Crippen LogP) is 3.44. The second-order valence-electron chi connectivity index (χ2n) is 7.18. The van der Waals surface area contributed by atoms with Gasteiger partial charge in [0.15, 0.2) is 0 Å². The minimum Gasteiger partial charge on any atom is -0.331 e. The highest BCUT2D eigenvalue weighted by atomic mass is 16.2. The second kappa shape index (κ2) is 7.39. The number of aryl methyl sites for hydroxylation is 1. The van der Waals surface area contributed by atoms with Crippen LogP contribution in [0.3, 0.4) is 0 Å². The van der Waals surface area contributed by atoms with Crippen LogP contribution in [0.5, 0.6) is 0 Å². The van der Waals surface area contributed by atoms with Crippen molar-refractivity contribution in [1.29, 1.82) is 0 Å². The number of fused-ring (bicyclic) bond motifs is 1. The Hall–Kier alpha value is -1.81. The molecule has 4 nitrogen and oxygen atoms in total. The van der Waals surface area contributed by atoms with Gasteiger partial charge in [0.2, 0.25) is 0 Å². The largest absolute Gasteiger partial charge is 0.331 e. The van der Waals surface area contributed by atoms with E-state index in [0.29, 0.717) is 6.04 Å². The molecule has 1 aromatic rings. The van der Waals surface area contributed by atoms with E-state index < -0.39 is 0 Å². The standard InChI is InChI=1S/C20H29N3O/c1-15(18-10-6-8-16-7-4-5-9-19(16)18)21-20(24)23(3)17-11-13-22(2)14-12-17/h5-6,8-10,15,17H,4,7,11-14H2,1-3H3,(H,21,24)/t15-/m1/s1. The van der Waals surface area contributed by atoms with E-state index in [4.69, 9.17) is 0 Å². The number of urea groups is 1. The zero-order chi connectivity index (χ0) is 17.1. The lowest BCUT2D eigenvalue weighted by molar-refractivity contribution is 0.146. The first-order chi connectivity index (χ1) is 11.6. The molecule has 1 aromatic carbocycles. The van der Waals surface area contributed by atoms with Crippen LogP contribution in [0, 0.1) is 0 Å². The maximum atomic E-state index is 12.7. The average molecular weight is 327 g/mol. The Morgan fingerprint density at radius 3 is 2.83 bits per heavy atom. The smallest absolute Gasteiger partial charge is 0.317 e. The van der Waals surface area contributed by atoms with Crippen LogP contribution in [0.2, 0.25) is 0 Å². The fourth-order valence-electron chi connectivity index (χ4n) is 3.78. The van der Waals surface area contributed by atoms with E-state index in [-0.39, 0.29) is 12.1 Å². The van der Waals surface area contributed by atoms with Crippen LogP contribution in [0.4, 0.5) is 4.79 Å². The number of rotatable bonds is 3. The topological polar surface area (TPSA) is 35.6 Å². The molecule has 1 atom stereocenters. The van der Waals surface area contributed by atoms with Gasteiger partial charge in [-0.05, 0) is 69.4 Å². The summed E-state index contributed by atoms with van der Waals surface area (Å²) < 4.78 is 0. The van der Waals surface area contributed by atoms with Crippen LogP contribution < -0.4 is 5.32 Å². The number of allylic oxidation sites excluding steroid dienone is 1. The van der Waals surface area contributed by atoms with Crippen LogP contribution in [0.15, 0.2) is 24.3 Å². The lowest BCUT2D eigenvalue weighted by Crippen LogP contribution is -2.48. The summed E-state index contributed by atoms with van der Waals surface area (Å²) in [5.41, 5.74) is 3.90. The lowest BCUT2D eigenvalue weighted by atomic mass is 9.90. The number of likely N-dealkylation sites (tertiary alicyclic amines) is 1. The number of hydrogen-bond acceptors (Lipinski definition) is 2. The highest BCUT2D eigenvalue weighted by Gasteiger charge is 2.25. The first-order valence-electron chi connectivity index (χ1n) is 9.06. The molecule has 4 heteroatoms. The van der Waals surface area contributed by atoms with Crippen molar-refractivity contribution in [3.63, 3.8) is 0 Å². The number of benzene rings is 1. The summed E-state index contributed by atoms with van der Waals surface area (Å²) >= 11 is 0. The molecule has 0 aromatic heterocycles. The summed E-state index contributed by atoms with van der Waals surface area (Å²) in [6, 6.07) is 6.84. The normalized spacial score (nSPS) is 19.6. The van der Waals surface area contributed by atoms with Gasteiger partial charge in [-0.2, -0.15) is 0 Å². The number of amides is 2. The summed E-state index contributed by atoms with van der Waals surface area (Å²) in [4.78, 5) is 16.9. The molecule has 0 saturated carbocycles. The first-order valence-corrected chi connectivity index (χ1v) is 9.06. The number of piperidine rings is 1. The third kappa shape index (κ3) is 3.64. The van der Waals surface area contributed by atoms with Crippen molar-refractivity contribution in [2.75, 3.05) is 27.2 Å².